The normalized spacial score (nSPS) is 43.2. The minimum atomic E-state index is -3.36. The molecule has 4 nitrogen and oxygen atoms in total. The first-order chi connectivity index (χ1) is 5.07. The minimum absolute atomic E-state index is 0.116. The largest absolute Gasteiger partial charge is 0.374 e. The average molecular weight is 177 g/mol. The minimum Gasteiger partial charge on any atom is -0.374 e. The van der Waals surface area contributed by atoms with Crippen LogP contribution in [0.4, 0.5) is 0 Å². The Labute approximate surface area is 65.8 Å². The molecule has 2 aliphatic heterocycles. The fourth-order valence-corrected chi connectivity index (χ4v) is 3.04. The zero-order valence-electron chi connectivity index (χ0n) is 6.06. The van der Waals surface area contributed by atoms with Gasteiger partial charge in [0.2, 0.25) is 10.0 Å². The van der Waals surface area contributed by atoms with Gasteiger partial charge in [-0.25, -0.2) is 13.6 Å². The molecule has 3 atom stereocenters. The molecule has 2 bridgehead atoms. The van der Waals surface area contributed by atoms with Crippen LogP contribution in [0.2, 0.25) is 0 Å². The molecule has 2 fully saturated rings. The highest BCUT2D eigenvalue weighted by atomic mass is 32.2. The van der Waals surface area contributed by atoms with Crippen LogP contribution in [0.15, 0.2) is 0 Å². The van der Waals surface area contributed by atoms with Crippen LogP contribution in [0, 0.1) is 0 Å². The molecule has 0 aromatic rings. The van der Waals surface area contributed by atoms with Gasteiger partial charge in [0.15, 0.2) is 0 Å². The molecule has 64 valence electrons. The third-order valence-electron chi connectivity index (χ3n) is 2.47. The van der Waals surface area contributed by atoms with Gasteiger partial charge in [-0.2, -0.15) is 0 Å². The fourth-order valence-electron chi connectivity index (χ4n) is 1.94. The van der Waals surface area contributed by atoms with E-state index < -0.39 is 15.3 Å². The summed E-state index contributed by atoms with van der Waals surface area (Å²) in [4.78, 5) is 0. The predicted molar refractivity (Wildman–Crippen MR) is 39.4 cm³/mol. The molecule has 2 aliphatic rings. The molecule has 2 saturated heterocycles. The van der Waals surface area contributed by atoms with E-state index in [9.17, 15) is 8.42 Å². The molecule has 2 rings (SSSR count). The highest BCUT2D eigenvalue weighted by molar-refractivity contribution is 7.89. The van der Waals surface area contributed by atoms with Crippen LogP contribution in [0.5, 0.6) is 0 Å². The second kappa shape index (κ2) is 2.18. The second-order valence-corrected chi connectivity index (χ2v) is 5.02. The van der Waals surface area contributed by atoms with Crippen LogP contribution >= 0.6 is 0 Å². The topological polar surface area (TPSA) is 69.4 Å². The van der Waals surface area contributed by atoms with Crippen molar-refractivity contribution in [1.29, 1.82) is 0 Å². The van der Waals surface area contributed by atoms with Crippen molar-refractivity contribution in [2.24, 2.45) is 5.14 Å². The van der Waals surface area contributed by atoms with Gasteiger partial charge in [0.05, 0.1) is 12.2 Å². The van der Waals surface area contributed by atoms with Crippen molar-refractivity contribution in [3.05, 3.63) is 0 Å². The SMILES string of the molecule is NS(=O)(=O)[C@H]1C[C@H]2CC[C@@H]1O2. The molecule has 2 heterocycles. The van der Waals surface area contributed by atoms with Gasteiger partial charge in [-0.05, 0) is 19.3 Å². The lowest BCUT2D eigenvalue weighted by atomic mass is 10.0. The zero-order valence-corrected chi connectivity index (χ0v) is 6.88. The van der Waals surface area contributed by atoms with Crippen molar-refractivity contribution in [1.82, 2.24) is 0 Å². The Balaban J connectivity index is 2.21. The van der Waals surface area contributed by atoms with E-state index in [0.29, 0.717) is 6.42 Å². The Morgan fingerprint density at radius 3 is 2.36 bits per heavy atom. The fraction of sp³-hybridized carbons (Fsp3) is 1.00. The number of rotatable bonds is 1. The maximum Gasteiger partial charge on any atom is 0.214 e. The monoisotopic (exact) mass is 177 g/mol. The van der Waals surface area contributed by atoms with Crippen LogP contribution in [-0.2, 0) is 14.8 Å². The third kappa shape index (κ3) is 1.17. The molecule has 0 aliphatic carbocycles. The number of fused-ring (bicyclic) bond motifs is 2. The maximum atomic E-state index is 10.9. The summed E-state index contributed by atoms with van der Waals surface area (Å²) in [6.45, 7) is 0. The summed E-state index contributed by atoms with van der Waals surface area (Å²) in [7, 11) is -3.36. The van der Waals surface area contributed by atoms with Crippen molar-refractivity contribution in [3.8, 4) is 0 Å². The van der Waals surface area contributed by atoms with Gasteiger partial charge in [-0.3, -0.25) is 0 Å². The van der Waals surface area contributed by atoms with Crippen LogP contribution < -0.4 is 5.14 Å². The molecule has 11 heavy (non-hydrogen) atoms. The smallest absolute Gasteiger partial charge is 0.214 e. The van der Waals surface area contributed by atoms with Crippen molar-refractivity contribution in [2.75, 3.05) is 0 Å². The summed E-state index contributed by atoms with van der Waals surface area (Å²) in [5.41, 5.74) is 0. The number of hydrogen-bond acceptors (Lipinski definition) is 3. The summed E-state index contributed by atoms with van der Waals surface area (Å²) in [6.07, 6.45) is 2.49. The van der Waals surface area contributed by atoms with E-state index in [1.165, 1.54) is 0 Å². The Morgan fingerprint density at radius 2 is 2.09 bits per heavy atom. The third-order valence-corrected chi connectivity index (χ3v) is 3.81. The van der Waals surface area contributed by atoms with Gasteiger partial charge in [0.1, 0.15) is 5.25 Å². The summed E-state index contributed by atoms with van der Waals surface area (Å²) in [5, 5.41) is 4.59. The maximum absolute atomic E-state index is 10.9. The van der Waals surface area contributed by atoms with Gasteiger partial charge in [0.25, 0.3) is 0 Å². The molecule has 0 amide bonds. The lowest BCUT2D eigenvalue weighted by Crippen LogP contribution is -2.36. The Morgan fingerprint density at radius 1 is 1.36 bits per heavy atom. The first-order valence-corrected chi connectivity index (χ1v) is 5.35. The quantitative estimate of drug-likeness (QED) is 0.592. The number of nitrogens with two attached hydrogens (primary N) is 1. The van der Waals surface area contributed by atoms with Crippen LogP contribution in [0.1, 0.15) is 19.3 Å². The van der Waals surface area contributed by atoms with Gasteiger partial charge >= 0.3 is 0 Å². The summed E-state index contributed by atoms with van der Waals surface area (Å²) in [5.74, 6) is 0. The highest BCUT2D eigenvalue weighted by Crippen LogP contribution is 2.36. The molecular formula is C6H11NO3S. The Kier molecular flexibility index (Phi) is 1.49. The number of sulfonamides is 1. The zero-order chi connectivity index (χ0) is 8.06. The molecule has 0 radical (unpaired) electrons. The van der Waals surface area contributed by atoms with E-state index in [1.807, 2.05) is 0 Å². The number of primary sulfonamides is 1. The van der Waals surface area contributed by atoms with Crippen LogP contribution in [-0.4, -0.2) is 25.9 Å². The Bertz CT molecular complexity index is 261. The van der Waals surface area contributed by atoms with Crippen molar-refractivity contribution in [2.45, 2.75) is 36.7 Å². The van der Waals surface area contributed by atoms with Gasteiger partial charge in [0, 0.05) is 0 Å². The van der Waals surface area contributed by atoms with E-state index in [2.05, 4.69) is 0 Å². The molecular weight excluding hydrogens is 166 g/mol. The standard InChI is InChI=1S/C6H11NO3S/c7-11(8,9)6-3-4-1-2-5(6)10-4/h4-6H,1-3H2,(H2,7,8,9)/t4-,5+,6+/m1/s1. The molecule has 0 aromatic carbocycles. The number of ether oxygens (including phenoxy) is 1. The van der Waals surface area contributed by atoms with Crippen LogP contribution in [0.25, 0.3) is 0 Å². The van der Waals surface area contributed by atoms with Crippen LogP contribution in [0.3, 0.4) is 0 Å². The molecule has 0 unspecified atom stereocenters. The molecule has 0 aromatic heterocycles. The summed E-state index contributed by atoms with van der Waals surface area (Å²) in [6, 6.07) is 0. The second-order valence-electron chi connectivity index (χ2n) is 3.24. The van der Waals surface area contributed by atoms with E-state index >= 15 is 0 Å². The lowest BCUT2D eigenvalue weighted by molar-refractivity contribution is 0.105. The molecule has 5 heteroatoms. The predicted octanol–water partition coefficient (Wildman–Crippen LogP) is -0.405. The summed E-state index contributed by atoms with van der Waals surface area (Å²) < 4.78 is 27.2. The Hall–Kier alpha value is -0.130. The van der Waals surface area contributed by atoms with E-state index in [0.717, 1.165) is 12.8 Å². The highest BCUT2D eigenvalue weighted by Gasteiger charge is 2.46. The summed E-state index contributed by atoms with van der Waals surface area (Å²) >= 11 is 0. The molecule has 0 spiro atoms. The lowest BCUT2D eigenvalue weighted by Gasteiger charge is -2.15. The molecule has 0 saturated carbocycles. The van der Waals surface area contributed by atoms with Gasteiger partial charge in [-0.15, -0.1) is 0 Å². The average Bonchev–Trinajstić information content (AvgIpc) is 2.42. The van der Waals surface area contributed by atoms with Gasteiger partial charge in [-0.1, -0.05) is 0 Å². The van der Waals surface area contributed by atoms with E-state index in [4.69, 9.17) is 9.88 Å². The van der Waals surface area contributed by atoms with E-state index in [1.54, 1.807) is 0 Å². The first kappa shape index (κ1) is 7.52. The van der Waals surface area contributed by atoms with Gasteiger partial charge < -0.3 is 4.74 Å². The van der Waals surface area contributed by atoms with E-state index in [-0.39, 0.29) is 12.2 Å². The van der Waals surface area contributed by atoms with Crippen molar-refractivity contribution in [3.63, 3.8) is 0 Å². The van der Waals surface area contributed by atoms with Crippen molar-refractivity contribution < 1.29 is 13.2 Å². The van der Waals surface area contributed by atoms with Crippen molar-refractivity contribution >= 4 is 10.0 Å². The first-order valence-electron chi connectivity index (χ1n) is 3.74. The molecule has 2 N–H and O–H groups in total. The number of hydrogen-bond donors (Lipinski definition) is 1.